The maximum atomic E-state index is 11.5. The second-order valence-electron chi connectivity index (χ2n) is 5.32. The molecule has 22 heavy (non-hydrogen) atoms. The van der Waals surface area contributed by atoms with E-state index in [1.165, 1.54) is 25.7 Å². The van der Waals surface area contributed by atoms with E-state index in [9.17, 15) is 9.59 Å². The highest BCUT2D eigenvalue weighted by Crippen LogP contribution is 2.10. The first-order valence-corrected chi connectivity index (χ1v) is 8.13. The van der Waals surface area contributed by atoms with Crippen molar-refractivity contribution in [2.45, 2.75) is 58.3 Å². The van der Waals surface area contributed by atoms with Crippen LogP contribution in [0.3, 0.4) is 0 Å². The fraction of sp³-hybridized carbons (Fsp3) is 0.556. The summed E-state index contributed by atoms with van der Waals surface area (Å²) < 4.78 is 9.94. The van der Waals surface area contributed by atoms with Crippen molar-refractivity contribution in [2.75, 3.05) is 6.61 Å². The molecule has 1 aromatic rings. The van der Waals surface area contributed by atoms with E-state index >= 15 is 0 Å². The lowest BCUT2D eigenvalue weighted by atomic mass is 10.1. The summed E-state index contributed by atoms with van der Waals surface area (Å²) in [5.74, 6) is -0.437. The molecule has 0 saturated heterocycles. The van der Waals surface area contributed by atoms with Gasteiger partial charge in [-0.05, 0) is 18.6 Å². The van der Waals surface area contributed by atoms with Crippen molar-refractivity contribution in [1.29, 1.82) is 0 Å². The van der Waals surface area contributed by atoms with E-state index in [0.29, 0.717) is 12.2 Å². The summed E-state index contributed by atoms with van der Waals surface area (Å²) in [5, 5.41) is 0. The van der Waals surface area contributed by atoms with Gasteiger partial charge < -0.3 is 9.47 Å². The van der Waals surface area contributed by atoms with Gasteiger partial charge >= 0.3 is 11.9 Å². The topological polar surface area (TPSA) is 52.6 Å². The Labute approximate surface area is 132 Å². The van der Waals surface area contributed by atoms with Crippen molar-refractivity contribution in [2.24, 2.45) is 0 Å². The molecule has 0 amide bonds. The first-order valence-electron chi connectivity index (χ1n) is 8.13. The van der Waals surface area contributed by atoms with Crippen molar-refractivity contribution in [3.05, 3.63) is 30.3 Å². The Bertz CT molecular complexity index is 428. The van der Waals surface area contributed by atoms with Gasteiger partial charge in [0.2, 0.25) is 0 Å². The minimum absolute atomic E-state index is 0.329. The van der Waals surface area contributed by atoms with Crippen LogP contribution in [0.25, 0.3) is 0 Å². The molecule has 1 aromatic carbocycles. The van der Waals surface area contributed by atoms with E-state index in [1.54, 1.807) is 24.3 Å². The molecule has 4 heteroatoms. The summed E-state index contributed by atoms with van der Waals surface area (Å²) in [6, 6.07) is 8.74. The van der Waals surface area contributed by atoms with Crippen molar-refractivity contribution >= 4 is 11.9 Å². The maximum absolute atomic E-state index is 11.5. The maximum Gasteiger partial charge on any atom is 0.349 e. The number of hydrogen-bond donors (Lipinski definition) is 0. The van der Waals surface area contributed by atoms with Crippen LogP contribution in [0, 0.1) is 0 Å². The van der Waals surface area contributed by atoms with E-state index < -0.39 is 5.97 Å². The second kappa shape index (κ2) is 11.8. The van der Waals surface area contributed by atoms with Crippen molar-refractivity contribution in [1.82, 2.24) is 0 Å². The van der Waals surface area contributed by atoms with Crippen LogP contribution in [0.2, 0.25) is 0 Å². The molecule has 0 saturated carbocycles. The van der Waals surface area contributed by atoms with E-state index in [0.717, 1.165) is 19.3 Å². The number of unbranched alkanes of at least 4 members (excludes halogenated alkanes) is 6. The highest BCUT2D eigenvalue weighted by molar-refractivity contribution is 5.77. The molecule has 4 nitrogen and oxygen atoms in total. The molecule has 1 rings (SSSR count). The fourth-order valence-electron chi connectivity index (χ4n) is 2.09. The zero-order valence-corrected chi connectivity index (χ0v) is 13.4. The Morgan fingerprint density at radius 1 is 0.864 bits per heavy atom. The number of esters is 2. The number of carbonyl (C=O) groups excluding carboxylic acids is 2. The normalized spacial score (nSPS) is 10.2. The standard InChI is InChI=1S/C18H26O4/c1-2-3-4-5-6-7-11-14-17(19)21-15-18(20)22-16-12-9-8-10-13-16/h8-10,12-13H,2-7,11,14-15H2,1H3. The van der Waals surface area contributed by atoms with E-state index in [4.69, 9.17) is 9.47 Å². The summed E-state index contributed by atoms with van der Waals surface area (Å²) in [6.45, 7) is 1.86. The lowest BCUT2D eigenvalue weighted by Crippen LogP contribution is -2.18. The van der Waals surface area contributed by atoms with Gasteiger partial charge in [-0.15, -0.1) is 0 Å². The number of hydrogen-bond acceptors (Lipinski definition) is 4. The minimum atomic E-state index is -0.556. The fourth-order valence-corrected chi connectivity index (χ4v) is 2.09. The Balaban J connectivity index is 2.02. The van der Waals surface area contributed by atoms with Gasteiger partial charge in [0.1, 0.15) is 5.75 Å². The van der Waals surface area contributed by atoms with Crippen molar-refractivity contribution in [3.8, 4) is 5.75 Å². The molecule has 0 bridgehead atoms. The average molecular weight is 306 g/mol. The van der Waals surface area contributed by atoms with Crippen LogP contribution in [0.5, 0.6) is 5.75 Å². The van der Waals surface area contributed by atoms with Crippen LogP contribution in [0.4, 0.5) is 0 Å². The van der Waals surface area contributed by atoms with Crippen LogP contribution < -0.4 is 4.74 Å². The molecule has 0 aromatic heterocycles. The molecule has 0 fully saturated rings. The average Bonchev–Trinajstić information content (AvgIpc) is 2.53. The number of ether oxygens (including phenoxy) is 2. The number of benzene rings is 1. The quantitative estimate of drug-likeness (QED) is 0.348. The van der Waals surface area contributed by atoms with Crippen LogP contribution in [0.15, 0.2) is 30.3 Å². The highest BCUT2D eigenvalue weighted by atomic mass is 16.6. The van der Waals surface area contributed by atoms with Crippen LogP contribution in [0.1, 0.15) is 58.3 Å². The van der Waals surface area contributed by atoms with Crippen molar-refractivity contribution < 1.29 is 19.1 Å². The SMILES string of the molecule is CCCCCCCCCC(=O)OCC(=O)Oc1ccccc1. The van der Waals surface area contributed by atoms with E-state index in [2.05, 4.69) is 6.92 Å². The number of rotatable bonds is 11. The molecule has 0 aliphatic heterocycles. The monoisotopic (exact) mass is 306 g/mol. The third-order valence-electron chi connectivity index (χ3n) is 3.31. The van der Waals surface area contributed by atoms with E-state index in [1.807, 2.05) is 6.07 Å². The molecule has 0 heterocycles. The van der Waals surface area contributed by atoms with Gasteiger partial charge in [0.15, 0.2) is 6.61 Å². The minimum Gasteiger partial charge on any atom is -0.454 e. The zero-order valence-electron chi connectivity index (χ0n) is 13.4. The smallest absolute Gasteiger partial charge is 0.349 e. The van der Waals surface area contributed by atoms with Crippen LogP contribution >= 0.6 is 0 Å². The summed E-state index contributed by atoms with van der Waals surface area (Å²) in [5.41, 5.74) is 0. The Morgan fingerprint density at radius 3 is 2.18 bits per heavy atom. The van der Waals surface area contributed by atoms with Crippen LogP contribution in [-0.2, 0) is 14.3 Å². The van der Waals surface area contributed by atoms with Gasteiger partial charge in [0.05, 0.1) is 0 Å². The zero-order chi connectivity index (χ0) is 16.0. The third-order valence-corrected chi connectivity index (χ3v) is 3.31. The van der Waals surface area contributed by atoms with Crippen molar-refractivity contribution in [3.63, 3.8) is 0 Å². The second-order valence-corrected chi connectivity index (χ2v) is 5.32. The summed E-state index contributed by atoms with van der Waals surface area (Å²) >= 11 is 0. The molecule has 0 aliphatic carbocycles. The van der Waals surface area contributed by atoms with Gasteiger partial charge in [-0.2, -0.15) is 0 Å². The van der Waals surface area contributed by atoms with Gasteiger partial charge in [-0.25, -0.2) is 4.79 Å². The van der Waals surface area contributed by atoms with Gasteiger partial charge in [-0.1, -0.05) is 63.6 Å². The molecule has 0 atom stereocenters. The third kappa shape index (κ3) is 9.16. The molecular weight excluding hydrogens is 280 g/mol. The molecule has 0 spiro atoms. The molecule has 122 valence electrons. The van der Waals surface area contributed by atoms with Gasteiger partial charge in [0.25, 0.3) is 0 Å². The first-order chi connectivity index (χ1) is 10.7. The molecule has 0 radical (unpaired) electrons. The van der Waals surface area contributed by atoms with E-state index in [-0.39, 0.29) is 12.6 Å². The first kappa shape index (κ1) is 18.2. The summed E-state index contributed by atoms with van der Waals surface area (Å²) in [6.07, 6.45) is 8.40. The van der Waals surface area contributed by atoms with Gasteiger partial charge in [0, 0.05) is 6.42 Å². The Hall–Kier alpha value is -1.84. The predicted octanol–water partition coefficient (Wildman–Crippen LogP) is 4.28. The molecule has 0 N–H and O–H groups in total. The molecule has 0 aliphatic rings. The highest BCUT2D eigenvalue weighted by Gasteiger charge is 2.09. The van der Waals surface area contributed by atoms with Gasteiger partial charge in [-0.3, -0.25) is 4.79 Å². The molecule has 0 unspecified atom stereocenters. The Kier molecular flexibility index (Phi) is 9.75. The predicted molar refractivity (Wildman–Crippen MR) is 85.6 cm³/mol. The lowest BCUT2D eigenvalue weighted by molar-refractivity contribution is -0.153. The lowest BCUT2D eigenvalue weighted by Gasteiger charge is -2.05. The number of para-hydroxylation sites is 1. The largest absolute Gasteiger partial charge is 0.454 e. The van der Waals surface area contributed by atoms with Crippen LogP contribution in [-0.4, -0.2) is 18.5 Å². The Morgan fingerprint density at radius 2 is 1.50 bits per heavy atom. The number of carbonyl (C=O) groups is 2. The molecular formula is C18H26O4. The summed E-state index contributed by atoms with van der Waals surface area (Å²) in [7, 11) is 0. The summed E-state index contributed by atoms with van der Waals surface area (Å²) in [4.78, 5) is 23.0.